The quantitative estimate of drug-likeness (QED) is 0.638. The molecule has 0 saturated carbocycles. The molecule has 0 fully saturated rings. The highest BCUT2D eigenvalue weighted by molar-refractivity contribution is 4.59. The summed E-state index contributed by atoms with van der Waals surface area (Å²) in [6, 6.07) is 0. The molecule has 0 heterocycles. The standard InChI is InChI=1S/C9H21NO/c1-5-9(7-10-6-2)11-8(3)4/h8-10H,5-7H2,1-4H3. The third-order valence-corrected chi connectivity index (χ3v) is 1.54. The van der Waals surface area contributed by atoms with Gasteiger partial charge in [-0.15, -0.1) is 0 Å². The third-order valence-electron chi connectivity index (χ3n) is 1.54. The van der Waals surface area contributed by atoms with Crippen molar-refractivity contribution in [1.29, 1.82) is 0 Å². The molecule has 0 aliphatic carbocycles. The van der Waals surface area contributed by atoms with Crippen molar-refractivity contribution in [1.82, 2.24) is 5.32 Å². The second kappa shape index (κ2) is 6.62. The van der Waals surface area contributed by atoms with Crippen LogP contribution in [0.1, 0.15) is 34.1 Å². The van der Waals surface area contributed by atoms with Crippen LogP contribution < -0.4 is 5.32 Å². The Balaban J connectivity index is 3.41. The van der Waals surface area contributed by atoms with E-state index in [1.165, 1.54) is 0 Å². The molecule has 0 aromatic carbocycles. The molecule has 68 valence electrons. The van der Waals surface area contributed by atoms with E-state index in [9.17, 15) is 0 Å². The van der Waals surface area contributed by atoms with Crippen LogP contribution in [0.4, 0.5) is 0 Å². The molecule has 1 unspecified atom stereocenters. The Labute approximate surface area is 70.3 Å². The van der Waals surface area contributed by atoms with Crippen LogP contribution >= 0.6 is 0 Å². The molecule has 2 heteroatoms. The van der Waals surface area contributed by atoms with Gasteiger partial charge in [-0.3, -0.25) is 0 Å². The van der Waals surface area contributed by atoms with Crippen LogP contribution in [0.2, 0.25) is 0 Å². The van der Waals surface area contributed by atoms with Crippen molar-refractivity contribution in [3.63, 3.8) is 0 Å². The molecule has 0 aromatic rings. The summed E-state index contributed by atoms with van der Waals surface area (Å²) in [6.07, 6.45) is 1.82. The van der Waals surface area contributed by atoms with Gasteiger partial charge in [0.15, 0.2) is 0 Å². The maximum atomic E-state index is 5.64. The molecule has 0 aliphatic heterocycles. The molecule has 0 radical (unpaired) electrons. The first-order chi connectivity index (χ1) is 5.20. The molecule has 0 saturated heterocycles. The predicted molar refractivity (Wildman–Crippen MR) is 48.8 cm³/mol. The molecule has 11 heavy (non-hydrogen) atoms. The number of likely N-dealkylation sites (N-methyl/N-ethyl adjacent to an activating group) is 1. The van der Waals surface area contributed by atoms with Crippen LogP contribution in [0.15, 0.2) is 0 Å². The van der Waals surface area contributed by atoms with Gasteiger partial charge in [-0.05, 0) is 26.8 Å². The Morgan fingerprint density at radius 1 is 1.27 bits per heavy atom. The monoisotopic (exact) mass is 159 g/mol. The minimum Gasteiger partial charge on any atom is -0.374 e. The zero-order valence-corrected chi connectivity index (χ0v) is 8.18. The van der Waals surface area contributed by atoms with E-state index in [4.69, 9.17) is 4.74 Å². The van der Waals surface area contributed by atoms with E-state index in [2.05, 4.69) is 33.0 Å². The fourth-order valence-electron chi connectivity index (χ4n) is 0.979. The lowest BCUT2D eigenvalue weighted by molar-refractivity contribution is 0.00697. The lowest BCUT2D eigenvalue weighted by Gasteiger charge is -2.18. The Kier molecular flexibility index (Phi) is 6.57. The number of hydrogen-bond acceptors (Lipinski definition) is 2. The highest BCUT2D eigenvalue weighted by Crippen LogP contribution is 2.00. The summed E-state index contributed by atoms with van der Waals surface area (Å²) in [5.41, 5.74) is 0. The van der Waals surface area contributed by atoms with Crippen molar-refractivity contribution in [2.75, 3.05) is 13.1 Å². The Hall–Kier alpha value is -0.0800. The average Bonchev–Trinajstić information content (AvgIpc) is 1.97. The number of nitrogens with one attached hydrogen (secondary N) is 1. The zero-order chi connectivity index (χ0) is 8.69. The topological polar surface area (TPSA) is 21.3 Å². The fraction of sp³-hybridized carbons (Fsp3) is 1.00. The second-order valence-corrected chi connectivity index (χ2v) is 3.02. The van der Waals surface area contributed by atoms with Crippen molar-refractivity contribution < 1.29 is 4.74 Å². The molecule has 0 bridgehead atoms. The predicted octanol–water partition coefficient (Wildman–Crippen LogP) is 1.80. The SMILES string of the molecule is CCNCC(CC)OC(C)C. The molecule has 1 N–H and O–H groups in total. The first-order valence-corrected chi connectivity index (χ1v) is 4.56. The van der Waals surface area contributed by atoms with Gasteiger partial charge in [-0.25, -0.2) is 0 Å². The first-order valence-electron chi connectivity index (χ1n) is 4.56. The van der Waals surface area contributed by atoms with Gasteiger partial charge >= 0.3 is 0 Å². The van der Waals surface area contributed by atoms with Crippen molar-refractivity contribution >= 4 is 0 Å². The molecular weight excluding hydrogens is 138 g/mol. The molecule has 0 aliphatic rings. The lowest BCUT2D eigenvalue weighted by atomic mass is 10.2. The summed E-state index contributed by atoms with van der Waals surface area (Å²) in [7, 11) is 0. The van der Waals surface area contributed by atoms with Gasteiger partial charge in [0, 0.05) is 6.54 Å². The normalized spacial score (nSPS) is 13.9. The zero-order valence-electron chi connectivity index (χ0n) is 8.18. The van der Waals surface area contributed by atoms with Gasteiger partial charge in [0.1, 0.15) is 0 Å². The van der Waals surface area contributed by atoms with E-state index in [0.717, 1.165) is 19.5 Å². The Bertz CT molecular complexity index is 83.6. The fourth-order valence-corrected chi connectivity index (χ4v) is 0.979. The van der Waals surface area contributed by atoms with Crippen molar-refractivity contribution in [2.24, 2.45) is 0 Å². The molecule has 2 nitrogen and oxygen atoms in total. The largest absolute Gasteiger partial charge is 0.374 e. The first kappa shape index (κ1) is 10.9. The highest BCUT2D eigenvalue weighted by atomic mass is 16.5. The van der Waals surface area contributed by atoms with Crippen molar-refractivity contribution in [3.8, 4) is 0 Å². The summed E-state index contributed by atoms with van der Waals surface area (Å²) in [6.45, 7) is 10.4. The van der Waals surface area contributed by atoms with E-state index >= 15 is 0 Å². The summed E-state index contributed by atoms with van der Waals surface area (Å²) >= 11 is 0. The van der Waals surface area contributed by atoms with Crippen molar-refractivity contribution in [3.05, 3.63) is 0 Å². The van der Waals surface area contributed by atoms with Crippen LogP contribution in [0.3, 0.4) is 0 Å². The summed E-state index contributed by atoms with van der Waals surface area (Å²) in [5.74, 6) is 0. The number of rotatable bonds is 6. The van der Waals surface area contributed by atoms with Crippen LogP contribution in [0.5, 0.6) is 0 Å². The van der Waals surface area contributed by atoms with Gasteiger partial charge in [0.25, 0.3) is 0 Å². The van der Waals surface area contributed by atoms with Crippen molar-refractivity contribution in [2.45, 2.75) is 46.3 Å². The van der Waals surface area contributed by atoms with Crippen LogP contribution in [0, 0.1) is 0 Å². The molecule has 0 aromatic heterocycles. The minimum absolute atomic E-state index is 0.346. The van der Waals surface area contributed by atoms with E-state index in [1.54, 1.807) is 0 Å². The minimum atomic E-state index is 0.346. The third kappa shape index (κ3) is 6.32. The molecule has 0 amide bonds. The number of ether oxygens (including phenoxy) is 1. The summed E-state index contributed by atoms with van der Waals surface area (Å²) in [5, 5.41) is 3.28. The molecule has 0 spiro atoms. The molecular formula is C9H21NO. The highest BCUT2D eigenvalue weighted by Gasteiger charge is 2.06. The van der Waals surface area contributed by atoms with E-state index in [1.807, 2.05) is 0 Å². The van der Waals surface area contributed by atoms with Crippen LogP contribution in [0.25, 0.3) is 0 Å². The van der Waals surface area contributed by atoms with E-state index < -0.39 is 0 Å². The van der Waals surface area contributed by atoms with Crippen LogP contribution in [-0.2, 0) is 4.74 Å². The lowest BCUT2D eigenvalue weighted by Crippen LogP contribution is -2.30. The maximum absolute atomic E-state index is 5.64. The van der Waals surface area contributed by atoms with Crippen LogP contribution in [-0.4, -0.2) is 25.3 Å². The number of hydrogen-bond donors (Lipinski definition) is 1. The van der Waals surface area contributed by atoms with Gasteiger partial charge in [0.2, 0.25) is 0 Å². The smallest absolute Gasteiger partial charge is 0.0700 e. The van der Waals surface area contributed by atoms with Gasteiger partial charge in [-0.2, -0.15) is 0 Å². The second-order valence-electron chi connectivity index (χ2n) is 3.02. The summed E-state index contributed by atoms with van der Waals surface area (Å²) < 4.78 is 5.64. The van der Waals surface area contributed by atoms with Gasteiger partial charge in [-0.1, -0.05) is 13.8 Å². The Morgan fingerprint density at radius 2 is 1.91 bits per heavy atom. The molecule has 1 atom stereocenters. The van der Waals surface area contributed by atoms with E-state index in [-0.39, 0.29) is 0 Å². The average molecular weight is 159 g/mol. The molecule has 0 rings (SSSR count). The van der Waals surface area contributed by atoms with E-state index in [0.29, 0.717) is 12.2 Å². The van der Waals surface area contributed by atoms with Gasteiger partial charge in [0.05, 0.1) is 12.2 Å². The van der Waals surface area contributed by atoms with Gasteiger partial charge < -0.3 is 10.1 Å². The Morgan fingerprint density at radius 3 is 2.27 bits per heavy atom. The summed E-state index contributed by atoms with van der Waals surface area (Å²) in [4.78, 5) is 0. The maximum Gasteiger partial charge on any atom is 0.0700 e.